The number of hydrogen-bond donors (Lipinski definition) is 2. The first-order chi connectivity index (χ1) is 12.6. The Labute approximate surface area is 179 Å². The largest absolute Gasteiger partial charge is 0.489 e. The molecule has 0 bridgehead atoms. The second-order valence-corrected chi connectivity index (χ2v) is 6.25. The molecular formula is C21H30IN3O2. The number of para-hydroxylation sites is 1. The molecule has 0 fully saturated rings. The highest BCUT2D eigenvalue weighted by Gasteiger charge is 2.07. The number of aliphatic imine (C=N–C) groups is 1. The number of ether oxygens (including phenoxy) is 2. The van der Waals surface area contributed by atoms with Crippen molar-refractivity contribution < 1.29 is 9.47 Å². The summed E-state index contributed by atoms with van der Waals surface area (Å²) in [7, 11) is 3.47. The van der Waals surface area contributed by atoms with E-state index >= 15 is 0 Å². The fourth-order valence-electron chi connectivity index (χ4n) is 2.51. The third kappa shape index (κ3) is 8.17. The topological polar surface area (TPSA) is 54.9 Å². The summed E-state index contributed by atoms with van der Waals surface area (Å²) in [5.74, 6) is 1.67. The highest BCUT2D eigenvalue weighted by molar-refractivity contribution is 14.0. The van der Waals surface area contributed by atoms with Crippen LogP contribution in [0.5, 0.6) is 5.75 Å². The van der Waals surface area contributed by atoms with Gasteiger partial charge in [0.15, 0.2) is 5.96 Å². The average molecular weight is 483 g/mol. The van der Waals surface area contributed by atoms with Crippen LogP contribution in [0.1, 0.15) is 23.6 Å². The van der Waals surface area contributed by atoms with Crippen molar-refractivity contribution in [2.45, 2.75) is 33.1 Å². The molecule has 1 unspecified atom stereocenters. The van der Waals surface area contributed by atoms with E-state index in [1.807, 2.05) is 38.1 Å². The molecule has 0 heterocycles. The third-order valence-electron chi connectivity index (χ3n) is 4.00. The van der Waals surface area contributed by atoms with Crippen molar-refractivity contribution in [3.05, 3.63) is 65.2 Å². The van der Waals surface area contributed by atoms with Crippen molar-refractivity contribution >= 4 is 29.9 Å². The Bertz CT molecular complexity index is 705. The highest BCUT2D eigenvalue weighted by atomic mass is 127. The van der Waals surface area contributed by atoms with E-state index in [1.54, 1.807) is 14.2 Å². The number of methoxy groups -OCH3 is 1. The Hall–Kier alpha value is -1.80. The van der Waals surface area contributed by atoms with E-state index in [1.165, 1.54) is 11.1 Å². The highest BCUT2D eigenvalue weighted by Crippen LogP contribution is 2.17. The second kappa shape index (κ2) is 12.6. The van der Waals surface area contributed by atoms with Crippen molar-refractivity contribution in [3.63, 3.8) is 0 Å². The molecular weight excluding hydrogens is 453 g/mol. The Balaban J connectivity index is 0.00000364. The van der Waals surface area contributed by atoms with Crippen LogP contribution < -0.4 is 15.4 Å². The van der Waals surface area contributed by atoms with Gasteiger partial charge in [0.1, 0.15) is 11.9 Å². The van der Waals surface area contributed by atoms with E-state index in [-0.39, 0.29) is 30.1 Å². The molecule has 5 nitrogen and oxygen atoms in total. The Morgan fingerprint density at radius 3 is 2.33 bits per heavy atom. The van der Waals surface area contributed by atoms with Crippen LogP contribution in [0.3, 0.4) is 0 Å². The van der Waals surface area contributed by atoms with Gasteiger partial charge < -0.3 is 20.1 Å². The predicted molar refractivity (Wildman–Crippen MR) is 122 cm³/mol. The molecule has 2 rings (SSSR count). The summed E-state index contributed by atoms with van der Waals surface area (Å²) >= 11 is 0. The average Bonchev–Trinajstić information content (AvgIpc) is 2.65. The fraction of sp³-hybridized carbons (Fsp3) is 0.381. The van der Waals surface area contributed by atoms with Gasteiger partial charge in [-0.15, -0.1) is 24.0 Å². The molecule has 0 aliphatic carbocycles. The Morgan fingerprint density at radius 1 is 1.04 bits per heavy atom. The van der Waals surface area contributed by atoms with Crippen molar-refractivity contribution in [3.8, 4) is 5.75 Å². The number of guanidine groups is 1. The van der Waals surface area contributed by atoms with E-state index in [4.69, 9.17) is 9.47 Å². The molecule has 1 atom stereocenters. The minimum absolute atomic E-state index is 0. The Kier molecular flexibility index (Phi) is 10.8. The summed E-state index contributed by atoms with van der Waals surface area (Å²) in [6.07, 6.45) is 0.0305. The predicted octanol–water partition coefficient (Wildman–Crippen LogP) is 3.89. The first-order valence-electron chi connectivity index (χ1n) is 8.86. The second-order valence-electron chi connectivity index (χ2n) is 6.25. The molecule has 0 aromatic heterocycles. The van der Waals surface area contributed by atoms with Crippen molar-refractivity contribution in [2.24, 2.45) is 4.99 Å². The zero-order valence-corrected chi connectivity index (χ0v) is 18.8. The molecule has 148 valence electrons. The number of benzene rings is 2. The van der Waals surface area contributed by atoms with Gasteiger partial charge in [0.05, 0.1) is 13.2 Å². The maximum Gasteiger partial charge on any atom is 0.191 e. The number of nitrogens with zero attached hydrogens (tertiary/aromatic N) is 1. The first-order valence-corrected chi connectivity index (χ1v) is 8.86. The fourth-order valence-corrected chi connectivity index (χ4v) is 2.51. The number of nitrogens with one attached hydrogen (secondary N) is 2. The van der Waals surface area contributed by atoms with Crippen LogP contribution >= 0.6 is 24.0 Å². The van der Waals surface area contributed by atoms with Gasteiger partial charge in [-0.2, -0.15) is 0 Å². The van der Waals surface area contributed by atoms with E-state index in [2.05, 4.69) is 39.9 Å². The molecule has 0 saturated carbocycles. The van der Waals surface area contributed by atoms with Crippen LogP contribution in [0, 0.1) is 6.92 Å². The minimum Gasteiger partial charge on any atom is -0.489 e. The first kappa shape index (κ1) is 23.2. The van der Waals surface area contributed by atoms with E-state index in [0.29, 0.717) is 19.7 Å². The van der Waals surface area contributed by atoms with Crippen molar-refractivity contribution in [1.29, 1.82) is 0 Å². The van der Waals surface area contributed by atoms with Gasteiger partial charge in [0, 0.05) is 20.7 Å². The standard InChI is InChI=1S/C21H29N3O2.HI/c1-16-7-5-6-8-20(16)26-17(2)13-23-21(22-3)24-14-18-9-11-19(12-10-18)15-25-4;/h5-12,17H,13-15H2,1-4H3,(H2,22,23,24);1H. The molecule has 0 aliphatic heterocycles. The molecule has 0 radical (unpaired) electrons. The van der Waals surface area contributed by atoms with Gasteiger partial charge >= 0.3 is 0 Å². The monoisotopic (exact) mass is 483 g/mol. The molecule has 0 saturated heterocycles. The molecule has 6 heteroatoms. The lowest BCUT2D eigenvalue weighted by atomic mass is 10.1. The maximum absolute atomic E-state index is 5.98. The van der Waals surface area contributed by atoms with Gasteiger partial charge in [0.2, 0.25) is 0 Å². The van der Waals surface area contributed by atoms with E-state index < -0.39 is 0 Å². The normalized spacial score (nSPS) is 12.1. The maximum atomic E-state index is 5.98. The zero-order chi connectivity index (χ0) is 18.8. The summed E-state index contributed by atoms with van der Waals surface area (Å²) < 4.78 is 11.1. The minimum atomic E-state index is 0. The van der Waals surface area contributed by atoms with E-state index in [0.717, 1.165) is 17.3 Å². The lowest BCUT2D eigenvalue weighted by Crippen LogP contribution is -2.41. The summed E-state index contributed by atoms with van der Waals surface area (Å²) in [4.78, 5) is 4.27. The molecule has 27 heavy (non-hydrogen) atoms. The summed E-state index contributed by atoms with van der Waals surface area (Å²) in [6.45, 7) is 6.10. The summed E-state index contributed by atoms with van der Waals surface area (Å²) in [6, 6.07) is 16.4. The van der Waals surface area contributed by atoms with Crippen LogP contribution in [0.4, 0.5) is 0 Å². The lowest BCUT2D eigenvalue weighted by molar-refractivity contribution is 0.185. The van der Waals surface area contributed by atoms with Gasteiger partial charge in [0.25, 0.3) is 0 Å². The SMILES string of the molecule is CN=C(NCc1ccc(COC)cc1)NCC(C)Oc1ccccc1C.I. The molecule has 2 aromatic carbocycles. The zero-order valence-electron chi connectivity index (χ0n) is 16.5. The third-order valence-corrected chi connectivity index (χ3v) is 4.00. The molecule has 0 amide bonds. The Morgan fingerprint density at radius 2 is 1.70 bits per heavy atom. The van der Waals surface area contributed by atoms with Gasteiger partial charge in [-0.05, 0) is 36.6 Å². The van der Waals surface area contributed by atoms with Crippen LogP contribution in [0.25, 0.3) is 0 Å². The van der Waals surface area contributed by atoms with E-state index in [9.17, 15) is 0 Å². The van der Waals surface area contributed by atoms with Crippen molar-refractivity contribution in [2.75, 3.05) is 20.7 Å². The van der Waals surface area contributed by atoms with Crippen LogP contribution in [0.2, 0.25) is 0 Å². The van der Waals surface area contributed by atoms with Crippen LogP contribution in [-0.4, -0.2) is 32.8 Å². The summed E-state index contributed by atoms with van der Waals surface area (Å²) in [5, 5.41) is 6.62. The van der Waals surface area contributed by atoms with Gasteiger partial charge in [-0.25, -0.2) is 0 Å². The molecule has 2 aromatic rings. The summed E-state index contributed by atoms with van der Waals surface area (Å²) in [5.41, 5.74) is 3.50. The number of aryl methyl sites for hydroxylation is 1. The van der Waals surface area contributed by atoms with Crippen LogP contribution in [-0.2, 0) is 17.9 Å². The molecule has 2 N–H and O–H groups in total. The lowest BCUT2D eigenvalue weighted by Gasteiger charge is -2.19. The van der Waals surface area contributed by atoms with Crippen molar-refractivity contribution in [1.82, 2.24) is 10.6 Å². The van der Waals surface area contributed by atoms with Gasteiger partial charge in [-0.3, -0.25) is 4.99 Å². The molecule has 0 aliphatic rings. The quantitative estimate of drug-likeness (QED) is 0.340. The molecule has 0 spiro atoms. The van der Waals surface area contributed by atoms with Gasteiger partial charge in [-0.1, -0.05) is 42.5 Å². The number of halogens is 1. The number of hydrogen-bond acceptors (Lipinski definition) is 3. The van der Waals surface area contributed by atoms with Crippen LogP contribution in [0.15, 0.2) is 53.5 Å². The smallest absolute Gasteiger partial charge is 0.191 e. The number of rotatable bonds is 8.